The summed E-state index contributed by atoms with van der Waals surface area (Å²) in [4.78, 5) is 1.15. The van der Waals surface area contributed by atoms with Crippen LogP contribution >= 0.6 is 11.8 Å². The molecule has 0 heterocycles. The van der Waals surface area contributed by atoms with Crippen LogP contribution < -0.4 is 10.1 Å². The van der Waals surface area contributed by atoms with Gasteiger partial charge in [0.05, 0.1) is 6.10 Å². The van der Waals surface area contributed by atoms with E-state index in [-0.39, 0.29) is 6.61 Å². The van der Waals surface area contributed by atoms with Crippen LogP contribution in [0.2, 0.25) is 0 Å². The van der Waals surface area contributed by atoms with Crippen molar-refractivity contribution in [1.29, 1.82) is 0 Å². The average Bonchev–Trinajstić information content (AvgIpc) is 2.67. The van der Waals surface area contributed by atoms with E-state index < -0.39 is 6.10 Å². The Morgan fingerprint density at radius 3 is 2.08 bits per heavy atom. The zero-order chi connectivity index (χ0) is 17.3. The number of rotatable bonds is 8. The van der Waals surface area contributed by atoms with Crippen molar-refractivity contribution in [1.82, 2.24) is 0 Å². The SMILES string of the molecule is OC(COc1ccc(Nc2ccccc2)cc1)CSc1ccccc1. The summed E-state index contributed by atoms with van der Waals surface area (Å²) in [5.41, 5.74) is 2.04. The fraction of sp³-hybridized carbons (Fsp3) is 0.143. The van der Waals surface area contributed by atoms with Gasteiger partial charge < -0.3 is 15.2 Å². The lowest BCUT2D eigenvalue weighted by Gasteiger charge is -2.13. The molecule has 0 spiro atoms. The van der Waals surface area contributed by atoms with E-state index in [4.69, 9.17) is 4.74 Å². The topological polar surface area (TPSA) is 41.5 Å². The van der Waals surface area contributed by atoms with Crippen LogP contribution in [0.1, 0.15) is 0 Å². The molecule has 0 aliphatic rings. The highest BCUT2D eigenvalue weighted by Gasteiger charge is 2.06. The molecule has 0 radical (unpaired) electrons. The number of hydrogen-bond donors (Lipinski definition) is 2. The second kappa shape index (κ2) is 9.16. The maximum Gasteiger partial charge on any atom is 0.119 e. The lowest BCUT2D eigenvalue weighted by molar-refractivity contribution is 0.126. The molecule has 4 heteroatoms. The van der Waals surface area contributed by atoms with E-state index in [9.17, 15) is 5.11 Å². The highest BCUT2D eigenvalue weighted by molar-refractivity contribution is 7.99. The van der Waals surface area contributed by atoms with Gasteiger partial charge in [0.25, 0.3) is 0 Å². The molecule has 3 nitrogen and oxygen atoms in total. The third-order valence-electron chi connectivity index (χ3n) is 3.54. The maximum atomic E-state index is 10.1. The molecule has 2 N–H and O–H groups in total. The fourth-order valence-electron chi connectivity index (χ4n) is 2.27. The maximum absolute atomic E-state index is 10.1. The van der Waals surface area contributed by atoms with Gasteiger partial charge in [0.15, 0.2) is 0 Å². The number of aliphatic hydroxyl groups excluding tert-OH is 1. The lowest BCUT2D eigenvalue weighted by atomic mass is 10.2. The molecule has 0 bridgehead atoms. The van der Waals surface area contributed by atoms with E-state index in [0.717, 1.165) is 22.0 Å². The zero-order valence-electron chi connectivity index (χ0n) is 13.8. The number of benzene rings is 3. The van der Waals surface area contributed by atoms with Crippen LogP contribution in [0.25, 0.3) is 0 Å². The van der Waals surface area contributed by atoms with Crippen molar-refractivity contribution < 1.29 is 9.84 Å². The molecule has 0 amide bonds. The Labute approximate surface area is 152 Å². The normalized spacial score (nSPS) is 11.7. The van der Waals surface area contributed by atoms with Crippen molar-refractivity contribution in [2.45, 2.75) is 11.0 Å². The third kappa shape index (κ3) is 5.85. The summed E-state index contributed by atoms with van der Waals surface area (Å²) in [6.07, 6.45) is -0.507. The van der Waals surface area contributed by atoms with Gasteiger partial charge in [-0.3, -0.25) is 0 Å². The Kier molecular flexibility index (Phi) is 6.37. The van der Waals surface area contributed by atoms with Gasteiger partial charge in [-0.1, -0.05) is 36.4 Å². The van der Waals surface area contributed by atoms with E-state index in [1.165, 1.54) is 0 Å². The number of para-hydroxylation sites is 1. The number of hydrogen-bond acceptors (Lipinski definition) is 4. The van der Waals surface area contributed by atoms with Gasteiger partial charge in [-0.2, -0.15) is 0 Å². The van der Waals surface area contributed by atoms with Crippen molar-refractivity contribution in [3.63, 3.8) is 0 Å². The number of ether oxygens (including phenoxy) is 1. The molecule has 0 aliphatic heterocycles. The molecule has 3 aromatic carbocycles. The van der Waals surface area contributed by atoms with Crippen LogP contribution in [-0.4, -0.2) is 23.6 Å². The molecule has 3 aromatic rings. The second-order valence-corrected chi connectivity index (χ2v) is 6.70. The van der Waals surface area contributed by atoms with Gasteiger partial charge >= 0.3 is 0 Å². The number of thioether (sulfide) groups is 1. The van der Waals surface area contributed by atoms with E-state index in [1.54, 1.807) is 11.8 Å². The highest BCUT2D eigenvalue weighted by atomic mass is 32.2. The molecule has 25 heavy (non-hydrogen) atoms. The molecule has 0 saturated carbocycles. The first-order chi connectivity index (χ1) is 12.3. The zero-order valence-corrected chi connectivity index (χ0v) is 14.7. The molecule has 1 atom stereocenters. The monoisotopic (exact) mass is 351 g/mol. The van der Waals surface area contributed by atoms with Gasteiger partial charge in [0.2, 0.25) is 0 Å². The second-order valence-electron chi connectivity index (χ2n) is 5.60. The molecule has 0 aliphatic carbocycles. The average molecular weight is 351 g/mol. The predicted molar refractivity (Wildman–Crippen MR) is 105 cm³/mol. The van der Waals surface area contributed by atoms with Crippen molar-refractivity contribution >= 4 is 23.1 Å². The first kappa shape index (κ1) is 17.4. The number of anilines is 2. The Morgan fingerprint density at radius 1 is 0.800 bits per heavy atom. The molecular formula is C21H21NO2S. The van der Waals surface area contributed by atoms with Gasteiger partial charge in [-0.15, -0.1) is 11.8 Å². The first-order valence-electron chi connectivity index (χ1n) is 8.20. The Hall–Kier alpha value is -2.43. The minimum Gasteiger partial charge on any atom is -0.491 e. The smallest absolute Gasteiger partial charge is 0.119 e. The summed E-state index contributed by atoms with van der Waals surface area (Å²) >= 11 is 1.63. The molecule has 0 aromatic heterocycles. The lowest BCUT2D eigenvalue weighted by Crippen LogP contribution is -2.20. The van der Waals surface area contributed by atoms with Crippen LogP contribution in [0, 0.1) is 0 Å². The van der Waals surface area contributed by atoms with Gasteiger partial charge in [-0.05, 0) is 48.5 Å². The van der Waals surface area contributed by atoms with Crippen LogP contribution in [0.5, 0.6) is 5.75 Å². The molecule has 0 fully saturated rings. The van der Waals surface area contributed by atoms with Crippen LogP contribution in [0.3, 0.4) is 0 Å². The van der Waals surface area contributed by atoms with Crippen molar-refractivity contribution in [2.75, 3.05) is 17.7 Å². The minimum atomic E-state index is -0.507. The van der Waals surface area contributed by atoms with Crippen LogP contribution in [0.4, 0.5) is 11.4 Å². The Balaban J connectivity index is 1.43. The minimum absolute atomic E-state index is 0.283. The summed E-state index contributed by atoms with van der Waals surface area (Å²) in [5.74, 6) is 1.36. The van der Waals surface area contributed by atoms with E-state index in [2.05, 4.69) is 5.32 Å². The summed E-state index contributed by atoms with van der Waals surface area (Å²) in [6.45, 7) is 0.283. The largest absolute Gasteiger partial charge is 0.491 e. The van der Waals surface area contributed by atoms with Crippen molar-refractivity contribution in [3.8, 4) is 5.75 Å². The van der Waals surface area contributed by atoms with Gasteiger partial charge in [0.1, 0.15) is 12.4 Å². The summed E-state index contributed by atoms with van der Waals surface area (Å²) in [5, 5.41) is 13.4. The predicted octanol–water partition coefficient (Wildman–Crippen LogP) is 4.96. The standard InChI is InChI=1S/C21H21NO2S/c23-19(16-25-21-9-5-2-6-10-21)15-24-20-13-11-18(12-14-20)22-17-7-3-1-4-8-17/h1-14,19,22-23H,15-16H2. The summed E-state index contributed by atoms with van der Waals surface area (Å²) in [6, 6.07) is 27.8. The van der Waals surface area contributed by atoms with Crippen molar-refractivity contribution in [3.05, 3.63) is 84.9 Å². The Morgan fingerprint density at radius 2 is 1.40 bits per heavy atom. The molecule has 128 valence electrons. The van der Waals surface area contributed by atoms with E-state index >= 15 is 0 Å². The summed E-state index contributed by atoms with van der Waals surface area (Å²) < 4.78 is 5.67. The van der Waals surface area contributed by atoms with Gasteiger partial charge in [-0.25, -0.2) is 0 Å². The number of aliphatic hydroxyl groups is 1. The number of nitrogens with one attached hydrogen (secondary N) is 1. The molecular weight excluding hydrogens is 330 g/mol. The quantitative estimate of drug-likeness (QED) is 0.563. The Bertz CT molecular complexity index is 748. The highest BCUT2D eigenvalue weighted by Crippen LogP contribution is 2.21. The third-order valence-corrected chi connectivity index (χ3v) is 4.70. The molecule has 1 unspecified atom stereocenters. The molecule has 3 rings (SSSR count). The van der Waals surface area contributed by atoms with Crippen LogP contribution in [-0.2, 0) is 0 Å². The van der Waals surface area contributed by atoms with Crippen molar-refractivity contribution in [2.24, 2.45) is 0 Å². The van der Waals surface area contributed by atoms with E-state index in [1.807, 2.05) is 84.9 Å². The van der Waals surface area contributed by atoms with Gasteiger partial charge in [0, 0.05) is 22.0 Å². The molecule has 0 saturated heterocycles. The van der Waals surface area contributed by atoms with E-state index in [0.29, 0.717) is 5.75 Å². The fourth-order valence-corrected chi connectivity index (χ4v) is 3.10. The summed E-state index contributed by atoms with van der Waals surface area (Å²) in [7, 11) is 0. The van der Waals surface area contributed by atoms with Crippen LogP contribution in [0.15, 0.2) is 89.8 Å². The first-order valence-corrected chi connectivity index (χ1v) is 9.19.